The number of benzene rings is 2. The summed E-state index contributed by atoms with van der Waals surface area (Å²) in [4.78, 5) is 3.25. The van der Waals surface area contributed by atoms with Gasteiger partial charge in [0.1, 0.15) is 11.5 Å². The molecule has 0 amide bonds. The number of hydrogen-bond acceptors (Lipinski definition) is 4. The molecule has 0 aliphatic carbocycles. The maximum absolute atomic E-state index is 9.57. The second-order valence-electron chi connectivity index (χ2n) is 10.7. The monoisotopic (exact) mass is 510 g/mol. The quantitative estimate of drug-likeness (QED) is 0.296. The van der Waals surface area contributed by atoms with Crippen molar-refractivity contribution in [1.29, 1.82) is 0 Å². The van der Waals surface area contributed by atoms with Crippen molar-refractivity contribution in [2.45, 2.75) is 106 Å². The van der Waals surface area contributed by atoms with Crippen molar-refractivity contribution >= 4 is 4.82 Å². The molecule has 0 atom stereocenters. The van der Waals surface area contributed by atoms with E-state index < -0.39 is 0 Å². The first-order valence-electron chi connectivity index (χ1n) is 11.6. The van der Waals surface area contributed by atoms with Crippen molar-refractivity contribution in [3.63, 3.8) is 0 Å². The SMILES string of the molecule is CC(C)O.CC(C)O.Cc1ccc(O)c(C(C)(C)C)c1.Cc1ccc(O)c(C(C)(C)C)c1.[CH2]=[Ti]. The fourth-order valence-corrected chi connectivity index (χ4v) is 2.50. The van der Waals surface area contributed by atoms with Gasteiger partial charge >= 0.3 is 24.8 Å². The molecule has 0 unspecified atom stereocenters. The number of hydrogen-bond donors (Lipinski definition) is 4. The molecule has 0 heterocycles. The van der Waals surface area contributed by atoms with E-state index >= 15 is 0 Å². The number of aliphatic hydroxyl groups excluding tert-OH is 2. The van der Waals surface area contributed by atoms with Gasteiger partial charge in [0.15, 0.2) is 0 Å². The van der Waals surface area contributed by atoms with Gasteiger partial charge in [0.25, 0.3) is 0 Å². The number of aliphatic hydroxyl groups is 2. The normalized spacial score (nSPS) is 10.4. The van der Waals surface area contributed by atoms with Crippen molar-refractivity contribution in [1.82, 2.24) is 0 Å². The van der Waals surface area contributed by atoms with Gasteiger partial charge in [-0.25, -0.2) is 0 Å². The summed E-state index contributed by atoms with van der Waals surface area (Å²) >= 11 is 1.75. The van der Waals surface area contributed by atoms with E-state index in [4.69, 9.17) is 10.2 Å². The van der Waals surface area contributed by atoms with Crippen LogP contribution in [0.4, 0.5) is 0 Å². The summed E-state index contributed by atoms with van der Waals surface area (Å²) in [5.74, 6) is 0.793. The third-order valence-corrected chi connectivity index (χ3v) is 3.92. The zero-order valence-electron chi connectivity index (χ0n) is 23.6. The Morgan fingerprint density at radius 2 is 0.824 bits per heavy atom. The van der Waals surface area contributed by atoms with Gasteiger partial charge in [-0.1, -0.05) is 76.9 Å². The Bertz CT molecular complexity index is 728. The van der Waals surface area contributed by atoms with Gasteiger partial charge in [0.2, 0.25) is 0 Å². The molecule has 0 aliphatic rings. The van der Waals surface area contributed by atoms with Crippen LogP contribution in [0.5, 0.6) is 11.5 Å². The number of rotatable bonds is 0. The third kappa shape index (κ3) is 20.0. The zero-order valence-corrected chi connectivity index (χ0v) is 25.2. The third-order valence-electron chi connectivity index (χ3n) is 3.92. The molecule has 0 saturated carbocycles. The molecule has 0 bridgehead atoms. The molecule has 0 spiro atoms. The van der Waals surface area contributed by atoms with Gasteiger partial charge in [-0.15, -0.1) is 0 Å². The van der Waals surface area contributed by atoms with Crippen LogP contribution in [0.1, 0.15) is 91.5 Å². The molecule has 5 heteroatoms. The van der Waals surface area contributed by atoms with Crippen LogP contribution >= 0.6 is 0 Å². The van der Waals surface area contributed by atoms with E-state index in [9.17, 15) is 10.2 Å². The Morgan fingerprint density at radius 1 is 0.618 bits per heavy atom. The molecular weight excluding hydrogens is 460 g/mol. The molecule has 194 valence electrons. The van der Waals surface area contributed by atoms with Crippen LogP contribution in [0.15, 0.2) is 36.4 Å². The predicted molar refractivity (Wildman–Crippen MR) is 145 cm³/mol. The molecule has 34 heavy (non-hydrogen) atoms. The second-order valence-corrected chi connectivity index (χ2v) is 10.7. The minimum absolute atomic E-state index is 0.0239. The van der Waals surface area contributed by atoms with Gasteiger partial charge in [0, 0.05) is 12.2 Å². The van der Waals surface area contributed by atoms with E-state index in [0.29, 0.717) is 11.5 Å². The molecule has 0 fully saturated rings. The number of phenols is 2. The summed E-state index contributed by atoms with van der Waals surface area (Å²) in [6, 6.07) is 11.4. The first-order valence-corrected chi connectivity index (χ1v) is 12.7. The average Bonchev–Trinajstić information content (AvgIpc) is 2.65. The Balaban J connectivity index is -0.000000410. The van der Waals surface area contributed by atoms with E-state index in [1.165, 1.54) is 11.1 Å². The Labute approximate surface area is 221 Å². The molecular formula is C29H50O4Ti. The van der Waals surface area contributed by atoms with E-state index in [1.54, 1.807) is 59.8 Å². The van der Waals surface area contributed by atoms with Crippen molar-refractivity contribution in [2.24, 2.45) is 0 Å². The Kier molecular flexibility index (Phi) is 19.5. The molecule has 0 aromatic heterocycles. The Morgan fingerprint density at radius 3 is 0.971 bits per heavy atom. The minimum atomic E-state index is -0.167. The summed E-state index contributed by atoms with van der Waals surface area (Å²) in [6.07, 6.45) is -0.333. The van der Waals surface area contributed by atoms with Crippen molar-refractivity contribution in [3.05, 3.63) is 58.7 Å². The van der Waals surface area contributed by atoms with Crippen LogP contribution in [0.2, 0.25) is 0 Å². The topological polar surface area (TPSA) is 80.9 Å². The first-order chi connectivity index (χ1) is 15.3. The van der Waals surface area contributed by atoms with Crippen LogP contribution in [0, 0.1) is 13.8 Å². The van der Waals surface area contributed by atoms with E-state index in [0.717, 1.165) is 11.1 Å². The van der Waals surface area contributed by atoms with Crippen LogP contribution in [0.3, 0.4) is 0 Å². The summed E-state index contributed by atoms with van der Waals surface area (Å²) in [5.41, 5.74) is 4.46. The van der Waals surface area contributed by atoms with Crippen LogP contribution < -0.4 is 0 Å². The average molecular weight is 511 g/mol. The Hall–Kier alpha value is -1.46. The van der Waals surface area contributed by atoms with Crippen LogP contribution in [0.25, 0.3) is 0 Å². The summed E-state index contributed by atoms with van der Waals surface area (Å²) in [6.45, 7) is 23.6. The maximum atomic E-state index is 9.57. The van der Waals surface area contributed by atoms with Crippen molar-refractivity contribution in [3.8, 4) is 11.5 Å². The summed E-state index contributed by atoms with van der Waals surface area (Å²) < 4.78 is 0. The van der Waals surface area contributed by atoms with E-state index in [1.807, 2.05) is 38.1 Å². The predicted octanol–water partition coefficient (Wildman–Crippen LogP) is 6.74. The molecule has 4 N–H and O–H groups in total. The molecule has 2 aromatic rings. The number of aryl methyl sites for hydroxylation is 2. The molecule has 0 saturated heterocycles. The number of phenolic OH excluding ortho intramolecular Hbond substituents is 2. The molecule has 2 aromatic carbocycles. The van der Waals surface area contributed by atoms with Gasteiger partial charge in [-0.3, -0.25) is 0 Å². The van der Waals surface area contributed by atoms with Gasteiger partial charge in [-0.05, 0) is 75.6 Å². The van der Waals surface area contributed by atoms with E-state index in [2.05, 4.69) is 46.4 Å². The summed E-state index contributed by atoms with van der Waals surface area (Å²) in [7, 11) is 0. The van der Waals surface area contributed by atoms with Crippen molar-refractivity contribution in [2.75, 3.05) is 0 Å². The fourth-order valence-electron chi connectivity index (χ4n) is 2.50. The second kappa shape index (κ2) is 17.9. The van der Waals surface area contributed by atoms with Crippen molar-refractivity contribution < 1.29 is 40.4 Å². The molecule has 4 nitrogen and oxygen atoms in total. The van der Waals surface area contributed by atoms with Gasteiger partial charge < -0.3 is 20.4 Å². The van der Waals surface area contributed by atoms with Gasteiger partial charge in [0.05, 0.1) is 0 Å². The molecule has 0 aliphatic heterocycles. The van der Waals surface area contributed by atoms with Gasteiger partial charge in [-0.2, -0.15) is 0 Å². The van der Waals surface area contributed by atoms with Crippen LogP contribution in [-0.2, 0) is 30.8 Å². The first kappa shape index (κ1) is 37.1. The molecule has 0 radical (unpaired) electrons. The number of aromatic hydroxyl groups is 2. The summed E-state index contributed by atoms with van der Waals surface area (Å²) in [5, 5.41) is 35.3. The van der Waals surface area contributed by atoms with E-state index in [-0.39, 0.29) is 23.0 Å². The zero-order chi connectivity index (χ0) is 27.9. The molecule has 2 rings (SSSR count). The fraction of sp³-hybridized carbons (Fsp3) is 0.552. The standard InChI is InChI=1S/2C11H16O.2C3H8O.CH2.Ti/c2*1-8-5-6-10(12)9(7-8)11(2,3)4;2*1-3(2)4;;/h2*5-7,12H,1-4H3;2*3-4H,1-2H3;1H2;. The van der Waals surface area contributed by atoms with Crippen LogP contribution in [-0.4, -0.2) is 37.5 Å².